The van der Waals surface area contributed by atoms with Gasteiger partial charge in [0.2, 0.25) is 0 Å². The predicted molar refractivity (Wildman–Crippen MR) is 15.9 cm³/mol. The molecule has 0 saturated carbocycles. The van der Waals surface area contributed by atoms with Crippen LogP contribution in [-0.2, 0) is 9.95 Å². The van der Waals surface area contributed by atoms with Crippen LogP contribution in [0.25, 0.3) is 0 Å². The summed E-state index contributed by atoms with van der Waals surface area (Å²) in [4.78, 5) is 0. The molecule has 3 heterocycles. The maximum atomic E-state index is 4.84. The fraction of sp³-hybridized carbons (Fsp3) is 0. The Morgan fingerprint density at radius 3 is 1.40 bits per heavy atom. The summed E-state index contributed by atoms with van der Waals surface area (Å²) in [5.41, 5.74) is 0. The molecule has 0 aromatic rings. The molecule has 0 unspecified atom stereocenters. The second-order valence-corrected chi connectivity index (χ2v) is 7.10. The van der Waals surface area contributed by atoms with Gasteiger partial charge in [-0.2, -0.15) is 0 Å². The Kier molecular flexibility index (Phi) is 0.470. The molecule has 0 aromatic heterocycles. The van der Waals surface area contributed by atoms with Crippen molar-refractivity contribution >= 4 is 25.9 Å². The zero-order chi connectivity index (χ0) is 3.28. The van der Waals surface area contributed by atoms with Gasteiger partial charge in [-0.1, -0.05) is 0 Å². The van der Waals surface area contributed by atoms with Crippen LogP contribution in [-0.4, -0.2) is 17.3 Å². The first-order chi connectivity index (χ1) is 2.45. The second kappa shape index (κ2) is 0.779. The second-order valence-electron chi connectivity index (χ2n) is 0.829. The third-order valence-electron chi connectivity index (χ3n) is 0.516. The number of rotatable bonds is 0. The van der Waals surface area contributed by atoms with Gasteiger partial charge < -0.3 is 0 Å². The summed E-state index contributed by atoms with van der Waals surface area (Å²) in [6.07, 6.45) is 0. The van der Waals surface area contributed by atoms with Crippen LogP contribution in [0.5, 0.6) is 0 Å². The quantitative estimate of drug-likeness (QED) is 0.365. The molecule has 5 heteroatoms. The van der Waals surface area contributed by atoms with E-state index in [0.29, 0.717) is 0 Å². The minimum atomic E-state index is -1.66. The molecule has 3 aliphatic rings. The first-order valence-electron chi connectivity index (χ1n) is 1.25. The fourth-order valence-corrected chi connectivity index (χ4v) is 3.66. The van der Waals surface area contributed by atoms with Crippen molar-refractivity contribution < 1.29 is 9.95 Å². The van der Waals surface area contributed by atoms with Crippen LogP contribution in [0.3, 0.4) is 0 Å². The van der Waals surface area contributed by atoms with Crippen molar-refractivity contribution in [1.82, 2.24) is 0 Å². The Hall–Kier alpha value is 0.946. The predicted octanol–water partition coefficient (Wildman–Crippen LogP) is 0.275. The van der Waals surface area contributed by atoms with Gasteiger partial charge in [0.1, 0.15) is 0 Å². The fourth-order valence-electron chi connectivity index (χ4n) is 0.235. The molecule has 3 saturated heterocycles. The molecule has 0 atom stereocenters. The summed E-state index contributed by atoms with van der Waals surface area (Å²) >= 11 is -1.66. The zero-order valence-corrected chi connectivity index (χ0v) is 5.57. The molecule has 3 fully saturated rings. The molecule has 3 rings (SSSR count). The Labute approximate surface area is 36.5 Å². The van der Waals surface area contributed by atoms with Crippen molar-refractivity contribution in [1.29, 1.82) is 0 Å². The molecule has 26 valence electrons. The molecule has 3 aliphatic heterocycles. The van der Waals surface area contributed by atoms with Gasteiger partial charge in [0, 0.05) is 0 Å². The Morgan fingerprint density at radius 2 is 1.40 bits per heavy atom. The third-order valence-corrected chi connectivity index (χ3v) is 8.05. The summed E-state index contributed by atoms with van der Waals surface area (Å²) in [6, 6.07) is 0. The van der Waals surface area contributed by atoms with Crippen LogP contribution in [0.2, 0.25) is 0 Å². The van der Waals surface area contributed by atoms with Crippen LogP contribution in [0, 0.1) is 0 Å². The van der Waals surface area contributed by atoms with E-state index in [9.17, 15) is 0 Å². The molecule has 0 aliphatic carbocycles. The Morgan fingerprint density at radius 1 is 1.20 bits per heavy atom. The van der Waals surface area contributed by atoms with Crippen LogP contribution in [0.1, 0.15) is 0 Å². The first-order valence-corrected chi connectivity index (χ1v) is 5.32. The van der Waals surface area contributed by atoms with Crippen molar-refractivity contribution in [2.75, 3.05) is 0 Å². The van der Waals surface area contributed by atoms with Gasteiger partial charge in [-0.3, -0.25) is 0 Å². The molecule has 0 N–H and O–H groups in total. The zero-order valence-electron chi connectivity index (χ0n) is 2.25. The van der Waals surface area contributed by atoms with Gasteiger partial charge in [-0.05, 0) is 0 Å². The molecular formula is GaO3P. The topological polar surface area (TPSA) is 27.7 Å². The van der Waals surface area contributed by atoms with Crippen molar-refractivity contribution in [3.8, 4) is 0 Å². The molecule has 0 aromatic carbocycles. The van der Waals surface area contributed by atoms with E-state index in [4.69, 9.17) is 9.95 Å². The molecule has 0 radical (unpaired) electrons. The average molecular weight is 149 g/mol. The van der Waals surface area contributed by atoms with E-state index in [-0.39, 0.29) is 0 Å². The summed E-state index contributed by atoms with van der Waals surface area (Å²) < 4.78 is 14.5. The summed E-state index contributed by atoms with van der Waals surface area (Å²) in [7, 11) is -0.691. The maximum absolute atomic E-state index is 4.84. The van der Waals surface area contributed by atoms with Gasteiger partial charge in [-0.25, -0.2) is 0 Å². The SMILES string of the molecule is [O]1P2[O][Ga]1[O]2. The van der Waals surface area contributed by atoms with Gasteiger partial charge in [0.25, 0.3) is 0 Å². The number of hydrogen-bond acceptors (Lipinski definition) is 3. The molecule has 3 nitrogen and oxygen atoms in total. The Bertz CT molecular complexity index is 43.6. The van der Waals surface area contributed by atoms with Gasteiger partial charge in [-0.15, -0.1) is 0 Å². The van der Waals surface area contributed by atoms with E-state index in [1.807, 2.05) is 0 Å². The standard InChI is InChI=1S/Ga.O3P/c;1-4(2)3/q+3;-3. The minimum absolute atomic E-state index is 0.691. The van der Waals surface area contributed by atoms with Crippen molar-refractivity contribution in [2.45, 2.75) is 0 Å². The monoisotopic (exact) mass is 148 g/mol. The summed E-state index contributed by atoms with van der Waals surface area (Å²) in [5, 5.41) is 0. The molecule has 0 spiro atoms. The summed E-state index contributed by atoms with van der Waals surface area (Å²) in [5.74, 6) is 0. The average Bonchev–Trinajstić information content (AvgIpc) is 0.592. The summed E-state index contributed by atoms with van der Waals surface area (Å²) in [6.45, 7) is 0. The number of hydrogen-bond donors (Lipinski definition) is 0. The van der Waals surface area contributed by atoms with E-state index < -0.39 is 25.9 Å². The van der Waals surface area contributed by atoms with Crippen LogP contribution < -0.4 is 0 Å². The van der Waals surface area contributed by atoms with Gasteiger partial charge >= 0.3 is 35.9 Å². The van der Waals surface area contributed by atoms with Crippen LogP contribution in [0.4, 0.5) is 0 Å². The normalized spacial score (nSPS) is 32.4. The van der Waals surface area contributed by atoms with E-state index in [1.54, 1.807) is 0 Å². The first kappa shape index (κ1) is 3.02. The van der Waals surface area contributed by atoms with E-state index in [0.717, 1.165) is 0 Å². The van der Waals surface area contributed by atoms with Crippen LogP contribution in [0.15, 0.2) is 0 Å². The molecule has 0 amide bonds. The third kappa shape index (κ3) is 0.256. The molecule has 5 heavy (non-hydrogen) atoms. The van der Waals surface area contributed by atoms with Gasteiger partial charge in [0.05, 0.1) is 0 Å². The Balaban J connectivity index is 2.19. The van der Waals surface area contributed by atoms with Crippen LogP contribution >= 0.6 is 8.60 Å². The molecule has 2 bridgehead atoms. The van der Waals surface area contributed by atoms with Crippen molar-refractivity contribution in [3.63, 3.8) is 0 Å². The van der Waals surface area contributed by atoms with E-state index >= 15 is 0 Å². The van der Waals surface area contributed by atoms with E-state index in [1.165, 1.54) is 0 Å². The van der Waals surface area contributed by atoms with E-state index in [2.05, 4.69) is 0 Å². The van der Waals surface area contributed by atoms with Crippen molar-refractivity contribution in [3.05, 3.63) is 0 Å². The van der Waals surface area contributed by atoms with Gasteiger partial charge in [0.15, 0.2) is 0 Å². The van der Waals surface area contributed by atoms with Crippen molar-refractivity contribution in [2.24, 2.45) is 0 Å². The molecular weight excluding hydrogens is 149 g/mol.